The predicted octanol–water partition coefficient (Wildman–Crippen LogP) is -0.383. The molecular formula is C8H10NO2+. The molecule has 0 bridgehead atoms. The molecule has 0 saturated carbocycles. The number of hydroxylamine groups is 2. The Bertz CT molecular complexity index is 223. The largest absolute Gasteiger partial charge is 0.332 e. The van der Waals surface area contributed by atoms with Crippen molar-refractivity contribution >= 4 is 6.41 Å². The van der Waals surface area contributed by atoms with Crippen LogP contribution in [-0.4, -0.2) is 11.6 Å². The second kappa shape index (κ2) is 3.85. The van der Waals surface area contributed by atoms with Crippen LogP contribution < -0.4 is 5.06 Å². The lowest BCUT2D eigenvalue weighted by Gasteiger charge is -2.00. The van der Waals surface area contributed by atoms with E-state index >= 15 is 0 Å². The molecule has 1 atom stereocenters. The summed E-state index contributed by atoms with van der Waals surface area (Å²) in [6, 6.07) is 9.35. The van der Waals surface area contributed by atoms with Gasteiger partial charge in [-0.2, -0.15) is 0 Å². The molecule has 3 nitrogen and oxygen atoms in total. The van der Waals surface area contributed by atoms with Gasteiger partial charge in [0.2, 0.25) is 0 Å². The normalized spacial score (nSPS) is 12.5. The van der Waals surface area contributed by atoms with Crippen LogP contribution in [-0.2, 0) is 11.3 Å². The maximum Gasteiger partial charge on any atom is 0.332 e. The van der Waals surface area contributed by atoms with E-state index in [1.54, 1.807) is 0 Å². The van der Waals surface area contributed by atoms with Crippen LogP contribution in [0.4, 0.5) is 0 Å². The Morgan fingerprint density at radius 2 is 2.00 bits per heavy atom. The fraction of sp³-hybridized carbons (Fsp3) is 0.125. The van der Waals surface area contributed by atoms with Crippen molar-refractivity contribution in [2.75, 3.05) is 0 Å². The lowest BCUT2D eigenvalue weighted by Crippen LogP contribution is -3.07. The standard InChI is InChI=1S/C8H9NO2/c10-7-9(11)6-8-4-2-1-3-5-8/h1-5,7,11H,6H2/p+1. The van der Waals surface area contributed by atoms with E-state index in [9.17, 15) is 4.79 Å². The highest BCUT2D eigenvalue weighted by molar-refractivity contribution is 5.32. The van der Waals surface area contributed by atoms with Crippen LogP contribution in [0.3, 0.4) is 0 Å². The Labute approximate surface area is 64.8 Å². The summed E-state index contributed by atoms with van der Waals surface area (Å²) in [6.45, 7) is 0.324. The van der Waals surface area contributed by atoms with Gasteiger partial charge in [-0.25, -0.2) is 10.0 Å². The Balaban J connectivity index is 2.57. The number of amides is 1. The lowest BCUT2D eigenvalue weighted by atomic mass is 10.2. The fourth-order valence-corrected chi connectivity index (χ4v) is 0.847. The van der Waals surface area contributed by atoms with Crippen LogP contribution in [0.15, 0.2) is 30.3 Å². The SMILES string of the molecule is O=C[NH+](O)Cc1ccccc1. The number of carbonyl (C=O) groups excluding carboxylic acids is 1. The van der Waals surface area contributed by atoms with Gasteiger partial charge in [-0.05, 0) is 0 Å². The zero-order valence-electron chi connectivity index (χ0n) is 6.03. The average Bonchev–Trinajstić information content (AvgIpc) is 2.06. The summed E-state index contributed by atoms with van der Waals surface area (Å²) < 4.78 is 0. The van der Waals surface area contributed by atoms with Gasteiger partial charge in [0.25, 0.3) is 0 Å². The number of benzene rings is 1. The molecule has 11 heavy (non-hydrogen) atoms. The zero-order chi connectivity index (χ0) is 8.10. The molecule has 3 heteroatoms. The van der Waals surface area contributed by atoms with Crippen LogP contribution >= 0.6 is 0 Å². The van der Waals surface area contributed by atoms with Gasteiger partial charge in [-0.15, -0.1) is 5.06 Å². The summed E-state index contributed by atoms with van der Waals surface area (Å²) in [4.78, 5) is 10.0. The van der Waals surface area contributed by atoms with Gasteiger partial charge in [0.15, 0.2) is 0 Å². The highest BCUT2D eigenvalue weighted by Gasteiger charge is 2.01. The van der Waals surface area contributed by atoms with Gasteiger partial charge >= 0.3 is 6.41 Å². The highest BCUT2D eigenvalue weighted by Crippen LogP contribution is 1.94. The second-order valence-corrected chi connectivity index (χ2v) is 2.27. The molecule has 1 rings (SSSR count). The Morgan fingerprint density at radius 1 is 1.36 bits per heavy atom. The Kier molecular flexibility index (Phi) is 2.77. The molecule has 0 saturated heterocycles. The van der Waals surface area contributed by atoms with E-state index in [2.05, 4.69) is 0 Å². The third-order valence-corrected chi connectivity index (χ3v) is 1.36. The van der Waals surface area contributed by atoms with Gasteiger partial charge < -0.3 is 0 Å². The van der Waals surface area contributed by atoms with Crippen molar-refractivity contribution in [2.24, 2.45) is 0 Å². The van der Waals surface area contributed by atoms with Crippen LogP contribution in [0.5, 0.6) is 0 Å². The average molecular weight is 152 g/mol. The van der Waals surface area contributed by atoms with E-state index < -0.39 is 0 Å². The Morgan fingerprint density at radius 3 is 2.55 bits per heavy atom. The first-order valence-corrected chi connectivity index (χ1v) is 3.37. The summed E-state index contributed by atoms with van der Waals surface area (Å²) in [5, 5.41) is 8.73. The van der Waals surface area contributed by atoms with Gasteiger partial charge in [-0.3, -0.25) is 0 Å². The molecule has 58 valence electrons. The van der Waals surface area contributed by atoms with Crippen molar-refractivity contribution in [3.8, 4) is 0 Å². The number of rotatable bonds is 3. The van der Waals surface area contributed by atoms with Crippen molar-refractivity contribution in [2.45, 2.75) is 6.54 Å². The molecule has 0 aliphatic heterocycles. The summed E-state index contributed by atoms with van der Waals surface area (Å²) in [6.07, 6.45) is 0.465. The van der Waals surface area contributed by atoms with Gasteiger partial charge in [0.1, 0.15) is 6.54 Å². The summed E-state index contributed by atoms with van der Waals surface area (Å²) in [5.74, 6) is 0. The molecular weight excluding hydrogens is 142 g/mol. The van der Waals surface area contributed by atoms with Crippen molar-refractivity contribution in [3.05, 3.63) is 35.9 Å². The monoisotopic (exact) mass is 152 g/mol. The molecule has 0 aliphatic carbocycles. The van der Waals surface area contributed by atoms with Gasteiger partial charge in [-0.1, -0.05) is 30.3 Å². The zero-order valence-corrected chi connectivity index (χ0v) is 6.03. The minimum absolute atomic E-state index is 0.129. The van der Waals surface area contributed by atoms with Crippen molar-refractivity contribution < 1.29 is 15.1 Å². The molecule has 0 heterocycles. The number of quaternary nitrogens is 1. The Hall–Kier alpha value is -1.19. The van der Waals surface area contributed by atoms with Crippen molar-refractivity contribution in [3.63, 3.8) is 0 Å². The first kappa shape index (κ1) is 7.91. The van der Waals surface area contributed by atoms with E-state index in [4.69, 9.17) is 5.21 Å². The first-order valence-electron chi connectivity index (χ1n) is 3.37. The molecule has 1 aromatic rings. The third kappa shape index (κ3) is 2.49. The molecule has 0 aromatic heterocycles. The predicted molar refractivity (Wildman–Crippen MR) is 39.0 cm³/mol. The van der Waals surface area contributed by atoms with E-state index in [0.717, 1.165) is 5.56 Å². The molecule has 0 aliphatic rings. The van der Waals surface area contributed by atoms with E-state index in [1.165, 1.54) is 0 Å². The van der Waals surface area contributed by atoms with Gasteiger partial charge in [0.05, 0.1) is 0 Å². The molecule has 0 radical (unpaired) electrons. The van der Waals surface area contributed by atoms with Gasteiger partial charge in [0, 0.05) is 5.56 Å². The van der Waals surface area contributed by atoms with Crippen LogP contribution in [0.2, 0.25) is 0 Å². The summed E-state index contributed by atoms with van der Waals surface area (Å²) in [7, 11) is 0. The maximum absolute atomic E-state index is 10.0. The lowest BCUT2D eigenvalue weighted by molar-refractivity contribution is -1.03. The molecule has 1 unspecified atom stereocenters. The topological polar surface area (TPSA) is 41.7 Å². The van der Waals surface area contributed by atoms with E-state index in [-0.39, 0.29) is 5.06 Å². The van der Waals surface area contributed by atoms with E-state index in [1.807, 2.05) is 30.3 Å². The minimum Gasteiger partial charge on any atom is -0.231 e. The number of hydrogen-bond acceptors (Lipinski definition) is 2. The molecule has 2 N–H and O–H groups in total. The maximum atomic E-state index is 10.0. The highest BCUT2D eigenvalue weighted by atomic mass is 16.5. The second-order valence-electron chi connectivity index (χ2n) is 2.27. The van der Waals surface area contributed by atoms with Crippen molar-refractivity contribution in [1.29, 1.82) is 0 Å². The molecule has 0 spiro atoms. The van der Waals surface area contributed by atoms with Crippen LogP contribution in [0, 0.1) is 0 Å². The van der Waals surface area contributed by atoms with E-state index in [0.29, 0.717) is 13.0 Å². The fourth-order valence-electron chi connectivity index (χ4n) is 0.847. The third-order valence-electron chi connectivity index (χ3n) is 1.36. The molecule has 1 aromatic carbocycles. The summed E-state index contributed by atoms with van der Waals surface area (Å²) in [5.41, 5.74) is 0.942. The first-order chi connectivity index (χ1) is 5.33. The minimum atomic E-state index is -0.129. The molecule has 0 fully saturated rings. The van der Waals surface area contributed by atoms with Crippen LogP contribution in [0.1, 0.15) is 5.56 Å². The van der Waals surface area contributed by atoms with Crippen molar-refractivity contribution in [1.82, 2.24) is 0 Å². The smallest absolute Gasteiger partial charge is 0.231 e. The number of hydrogen-bond donors (Lipinski definition) is 2. The van der Waals surface area contributed by atoms with Crippen LogP contribution in [0.25, 0.3) is 0 Å². The molecule has 1 amide bonds. The quantitative estimate of drug-likeness (QED) is 0.352. The number of nitrogens with one attached hydrogen (secondary N) is 1. The number of carbonyl (C=O) groups is 1. The summed E-state index contributed by atoms with van der Waals surface area (Å²) >= 11 is 0.